The van der Waals surface area contributed by atoms with Gasteiger partial charge in [0.25, 0.3) is 0 Å². The van der Waals surface area contributed by atoms with Crippen LogP contribution in [-0.2, 0) is 11.3 Å². The molecule has 0 N–H and O–H groups in total. The summed E-state index contributed by atoms with van der Waals surface area (Å²) in [6.07, 6.45) is 2.71. The van der Waals surface area contributed by atoms with Crippen LogP contribution in [0.3, 0.4) is 0 Å². The number of rotatable bonds is 4. The molecule has 0 radical (unpaired) electrons. The zero-order valence-corrected chi connectivity index (χ0v) is 8.79. The molecule has 0 unspecified atom stereocenters. The third-order valence-electron chi connectivity index (χ3n) is 1.72. The van der Waals surface area contributed by atoms with E-state index in [1.165, 1.54) is 0 Å². The summed E-state index contributed by atoms with van der Waals surface area (Å²) in [6, 6.07) is 7.71. The van der Waals surface area contributed by atoms with Crippen LogP contribution in [0.5, 0.6) is 0 Å². The predicted molar refractivity (Wildman–Crippen MR) is 59.5 cm³/mol. The van der Waals surface area contributed by atoms with Crippen LogP contribution in [0.25, 0.3) is 0 Å². The Balaban J connectivity index is 2.61. The van der Waals surface area contributed by atoms with Crippen LogP contribution < -0.4 is 0 Å². The van der Waals surface area contributed by atoms with Crippen molar-refractivity contribution in [1.29, 1.82) is 0 Å². The number of oxime groups is 1. The van der Waals surface area contributed by atoms with Crippen molar-refractivity contribution >= 4 is 18.3 Å². The second kappa shape index (κ2) is 5.45. The van der Waals surface area contributed by atoms with Gasteiger partial charge in [-0.3, -0.25) is 0 Å². The second-order valence-electron chi connectivity index (χ2n) is 2.87. The minimum absolute atomic E-state index is 0.736. The first kappa shape index (κ1) is 10.8. The summed E-state index contributed by atoms with van der Waals surface area (Å²) >= 11 is 5.84. The van der Waals surface area contributed by atoms with Gasteiger partial charge < -0.3 is 4.84 Å². The minimum Gasteiger partial charge on any atom is -0.363 e. The summed E-state index contributed by atoms with van der Waals surface area (Å²) in [4.78, 5) is 4.84. The minimum atomic E-state index is 0.736. The van der Waals surface area contributed by atoms with Gasteiger partial charge in [0.2, 0.25) is 0 Å². The van der Waals surface area contributed by atoms with E-state index in [2.05, 4.69) is 11.9 Å². The topological polar surface area (TPSA) is 21.6 Å². The number of hydrogen-bond acceptors (Lipinski definition) is 2. The maximum absolute atomic E-state index is 5.84. The Hall–Kier alpha value is -1.28. The second-order valence-corrected chi connectivity index (χ2v) is 3.31. The average molecular weight is 210 g/mol. The van der Waals surface area contributed by atoms with E-state index in [0.717, 1.165) is 22.8 Å². The molecule has 0 saturated heterocycles. The molecular weight excluding hydrogens is 198 g/mol. The molecule has 2 nitrogen and oxygen atoms in total. The van der Waals surface area contributed by atoms with E-state index in [1.54, 1.807) is 0 Å². The molecule has 0 aliphatic carbocycles. The van der Waals surface area contributed by atoms with E-state index in [-0.39, 0.29) is 0 Å². The Morgan fingerprint density at radius 3 is 3.07 bits per heavy atom. The molecule has 0 atom stereocenters. The van der Waals surface area contributed by atoms with Gasteiger partial charge in [0.05, 0.1) is 0 Å². The maximum Gasteiger partial charge on any atom is 0.128 e. The zero-order chi connectivity index (χ0) is 10.4. The van der Waals surface area contributed by atoms with E-state index >= 15 is 0 Å². The molecular formula is C11H12ClNO. The number of allylic oxidation sites excluding steroid dienone is 2. The summed E-state index contributed by atoms with van der Waals surface area (Å²) in [5.41, 5.74) is 1.14. The van der Waals surface area contributed by atoms with Gasteiger partial charge in [0.15, 0.2) is 0 Å². The summed E-state index contributed by atoms with van der Waals surface area (Å²) < 4.78 is 0. The molecule has 0 saturated carbocycles. The fourth-order valence-corrected chi connectivity index (χ4v) is 1.28. The first-order chi connectivity index (χ1) is 6.72. The summed E-state index contributed by atoms with van der Waals surface area (Å²) in [5, 5.41) is 4.07. The number of halogens is 1. The van der Waals surface area contributed by atoms with Crippen LogP contribution in [0.15, 0.2) is 41.3 Å². The van der Waals surface area contributed by atoms with Crippen LogP contribution >= 0.6 is 11.6 Å². The summed E-state index contributed by atoms with van der Waals surface area (Å²) in [5.74, 6) is 0.736. The van der Waals surface area contributed by atoms with Crippen molar-refractivity contribution in [1.82, 2.24) is 0 Å². The molecule has 0 heterocycles. The van der Waals surface area contributed by atoms with Gasteiger partial charge in [0, 0.05) is 11.7 Å². The van der Waals surface area contributed by atoms with E-state index in [4.69, 9.17) is 16.4 Å². The molecule has 1 aromatic carbocycles. The van der Waals surface area contributed by atoms with Crippen molar-refractivity contribution in [2.24, 2.45) is 5.16 Å². The lowest BCUT2D eigenvalue weighted by Crippen LogP contribution is -1.84. The Labute approximate surface area is 88.8 Å². The van der Waals surface area contributed by atoms with Gasteiger partial charge in [0.1, 0.15) is 5.76 Å². The summed E-state index contributed by atoms with van der Waals surface area (Å²) in [7, 11) is 0. The van der Waals surface area contributed by atoms with Crippen molar-refractivity contribution in [3.8, 4) is 0 Å². The van der Waals surface area contributed by atoms with Crippen LogP contribution in [0.2, 0.25) is 5.02 Å². The van der Waals surface area contributed by atoms with Gasteiger partial charge in [-0.1, -0.05) is 28.9 Å². The van der Waals surface area contributed by atoms with E-state index < -0.39 is 0 Å². The molecule has 0 spiro atoms. The highest BCUT2D eigenvalue weighted by molar-refractivity contribution is 6.30. The molecule has 0 amide bonds. The van der Waals surface area contributed by atoms with Crippen molar-refractivity contribution in [2.75, 3.05) is 0 Å². The molecule has 0 aliphatic heterocycles. The molecule has 0 aromatic heterocycles. The first-order valence-corrected chi connectivity index (χ1v) is 4.64. The van der Waals surface area contributed by atoms with Crippen molar-refractivity contribution in [3.05, 3.63) is 46.7 Å². The average Bonchev–Trinajstić information content (AvgIpc) is 2.15. The maximum atomic E-state index is 5.84. The van der Waals surface area contributed by atoms with Crippen LogP contribution in [0.4, 0.5) is 0 Å². The quantitative estimate of drug-likeness (QED) is 0.423. The van der Waals surface area contributed by atoms with Gasteiger partial charge in [-0.25, -0.2) is 0 Å². The Bertz CT molecular complexity index is 347. The van der Waals surface area contributed by atoms with Gasteiger partial charge in [-0.05, 0) is 37.1 Å². The lowest BCUT2D eigenvalue weighted by atomic mass is 10.1. The molecule has 14 heavy (non-hydrogen) atoms. The van der Waals surface area contributed by atoms with E-state index in [1.807, 2.05) is 37.3 Å². The van der Waals surface area contributed by atoms with Crippen molar-refractivity contribution in [2.45, 2.75) is 13.3 Å². The van der Waals surface area contributed by atoms with E-state index in [9.17, 15) is 0 Å². The normalized spacial score (nSPS) is 11.1. The highest BCUT2D eigenvalue weighted by atomic mass is 35.5. The Kier molecular flexibility index (Phi) is 4.20. The SMILES string of the molecule is C=NO/C(C)=C\Cc1cccc(Cl)c1. The predicted octanol–water partition coefficient (Wildman–Crippen LogP) is 3.42. The third-order valence-corrected chi connectivity index (χ3v) is 1.96. The fraction of sp³-hybridized carbons (Fsp3) is 0.182. The van der Waals surface area contributed by atoms with Gasteiger partial charge >= 0.3 is 0 Å². The van der Waals surface area contributed by atoms with Crippen LogP contribution in [0.1, 0.15) is 12.5 Å². The molecule has 3 heteroatoms. The van der Waals surface area contributed by atoms with Gasteiger partial charge in [-0.15, -0.1) is 0 Å². The Morgan fingerprint density at radius 2 is 2.43 bits per heavy atom. The highest BCUT2D eigenvalue weighted by Crippen LogP contribution is 2.12. The molecule has 1 aromatic rings. The van der Waals surface area contributed by atoms with Crippen LogP contribution in [0, 0.1) is 0 Å². The lowest BCUT2D eigenvalue weighted by Gasteiger charge is -1.99. The van der Waals surface area contributed by atoms with Crippen molar-refractivity contribution in [3.63, 3.8) is 0 Å². The Morgan fingerprint density at radius 1 is 1.64 bits per heavy atom. The molecule has 74 valence electrons. The monoisotopic (exact) mass is 209 g/mol. The van der Waals surface area contributed by atoms with Crippen LogP contribution in [-0.4, -0.2) is 6.72 Å². The fourth-order valence-electron chi connectivity index (χ4n) is 1.06. The zero-order valence-electron chi connectivity index (χ0n) is 8.03. The third kappa shape index (κ3) is 3.62. The smallest absolute Gasteiger partial charge is 0.128 e. The molecule has 0 aliphatic rings. The number of hydrogen-bond donors (Lipinski definition) is 0. The molecule has 0 fully saturated rings. The van der Waals surface area contributed by atoms with E-state index in [0.29, 0.717) is 0 Å². The van der Waals surface area contributed by atoms with Gasteiger partial charge in [-0.2, -0.15) is 0 Å². The first-order valence-electron chi connectivity index (χ1n) is 4.26. The molecule has 1 rings (SSSR count). The standard InChI is InChI=1S/C11H12ClNO/c1-9(14-13-2)6-7-10-4-3-5-11(12)8-10/h3-6,8H,2,7H2,1H3/b9-6-. The van der Waals surface area contributed by atoms with Crippen molar-refractivity contribution < 1.29 is 4.84 Å². The molecule has 0 bridgehead atoms. The number of nitrogens with zero attached hydrogens (tertiary/aromatic N) is 1. The largest absolute Gasteiger partial charge is 0.363 e. The summed E-state index contributed by atoms with van der Waals surface area (Å²) in [6.45, 7) is 5.07. The lowest BCUT2D eigenvalue weighted by molar-refractivity contribution is 0.232. The highest BCUT2D eigenvalue weighted by Gasteiger charge is 1.93. The number of benzene rings is 1.